The van der Waals surface area contributed by atoms with Crippen LogP contribution in [0.4, 0.5) is 0 Å². The summed E-state index contributed by atoms with van der Waals surface area (Å²) >= 11 is 6.35. The monoisotopic (exact) mass is 262 g/mol. The van der Waals surface area contributed by atoms with Crippen molar-refractivity contribution in [3.63, 3.8) is 0 Å². The average molecular weight is 263 g/mol. The van der Waals surface area contributed by atoms with Crippen molar-refractivity contribution >= 4 is 17.2 Å². The van der Waals surface area contributed by atoms with E-state index in [1.165, 1.54) is 16.7 Å². The summed E-state index contributed by atoms with van der Waals surface area (Å²) in [6, 6.07) is 8.97. The minimum absolute atomic E-state index is 0.175. The molecule has 1 atom stereocenters. The molecule has 1 aromatic rings. The Morgan fingerprint density at radius 2 is 1.78 bits per heavy atom. The van der Waals surface area contributed by atoms with E-state index in [1.54, 1.807) is 0 Å². The molecular weight excluding hydrogens is 240 g/mol. The van der Waals surface area contributed by atoms with Crippen LogP contribution in [0, 0.1) is 5.41 Å². The summed E-state index contributed by atoms with van der Waals surface area (Å²) in [6.45, 7) is 9.06. The van der Waals surface area contributed by atoms with Crippen molar-refractivity contribution in [3.8, 4) is 0 Å². The molecule has 1 aliphatic rings. The Labute approximate surface area is 116 Å². The molecule has 0 saturated carbocycles. The van der Waals surface area contributed by atoms with Gasteiger partial charge in [-0.3, -0.25) is 0 Å². The Bertz CT molecular complexity index is 437. The smallest absolute Gasteiger partial charge is 0.0527 e. The van der Waals surface area contributed by atoms with Crippen molar-refractivity contribution in [2.45, 2.75) is 51.8 Å². The van der Waals surface area contributed by atoms with Crippen molar-refractivity contribution in [2.75, 3.05) is 0 Å². The van der Waals surface area contributed by atoms with Crippen molar-refractivity contribution < 1.29 is 0 Å². The van der Waals surface area contributed by atoms with E-state index < -0.39 is 0 Å². The maximum atomic E-state index is 6.35. The molecule has 0 heterocycles. The summed E-state index contributed by atoms with van der Waals surface area (Å²) in [5.74, 6) is 0.594. The molecule has 0 nitrogen and oxygen atoms in total. The molecule has 0 bridgehead atoms. The molecule has 0 aromatic heterocycles. The van der Waals surface area contributed by atoms with Gasteiger partial charge in [-0.15, -0.1) is 11.6 Å². The van der Waals surface area contributed by atoms with E-state index in [4.69, 9.17) is 11.6 Å². The Balaban J connectivity index is 2.26. The van der Waals surface area contributed by atoms with Crippen LogP contribution in [0.25, 0.3) is 5.57 Å². The van der Waals surface area contributed by atoms with E-state index in [0.717, 1.165) is 12.8 Å². The predicted molar refractivity (Wildman–Crippen MR) is 81.2 cm³/mol. The lowest BCUT2D eigenvalue weighted by Gasteiger charge is -2.32. The van der Waals surface area contributed by atoms with E-state index in [0.29, 0.717) is 11.3 Å². The Kier molecular flexibility index (Phi) is 3.87. The molecule has 1 aliphatic carbocycles. The van der Waals surface area contributed by atoms with Crippen LogP contribution in [0.5, 0.6) is 0 Å². The summed E-state index contributed by atoms with van der Waals surface area (Å²) in [4.78, 5) is 0. The van der Waals surface area contributed by atoms with Gasteiger partial charge in [0.05, 0.1) is 5.38 Å². The molecule has 0 spiro atoms. The molecular formula is C17H23Cl. The lowest BCUT2D eigenvalue weighted by Crippen LogP contribution is -2.21. The van der Waals surface area contributed by atoms with Gasteiger partial charge in [0.15, 0.2) is 0 Å². The van der Waals surface area contributed by atoms with Crippen LogP contribution < -0.4 is 0 Å². The van der Waals surface area contributed by atoms with Crippen LogP contribution in [0.15, 0.2) is 30.3 Å². The van der Waals surface area contributed by atoms with E-state index in [2.05, 4.69) is 58.0 Å². The van der Waals surface area contributed by atoms with Crippen molar-refractivity contribution in [1.82, 2.24) is 0 Å². The van der Waals surface area contributed by atoms with Gasteiger partial charge in [0, 0.05) is 0 Å². The second kappa shape index (κ2) is 5.09. The van der Waals surface area contributed by atoms with Gasteiger partial charge >= 0.3 is 0 Å². The molecule has 0 aliphatic heterocycles. The number of alkyl halides is 1. The van der Waals surface area contributed by atoms with Gasteiger partial charge in [-0.2, -0.15) is 0 Å². The molecule has 0 saturated heterocycles. The van der Waals surface area contributed by atoms with Crippen LogP contribution in [0.1, 0.15) is 57.6 Å². The maximum absolute atomic E-state index is 6.35. The molecule has 0 amide bonds. The number of halogens is 1. The summed E-state index contributed by atoms with van der Waals surface area (Å²) in [5, 5.41) is 0.175. The zero-order chi connectivity index (χ0) is 13.3. The quantitative estimate of drug-likeness (QED) is 0.607. The molecule has 1 unspecified atom stereocenters. The van der Waals surface area contributed by atoms with Crippen molar-refractivity contribution in [2.24, 2.45) is 5.41 Å². The highest BCUT2D eigenvalue weighted by atomic mass is 35.5. The first kappa shape index (κ1) is 13.7. The van der Waals surface area contributed by atoms with Crippen LogP contribution in [-0.2, 0) is 0 Å². The largest absolute Gasteiger partial charge is 0.118 e. The topological polar surface area (TPSA) is 0 Å². The fourth-order valence-corrected chi connectivity index (χ4v) is 3.30. The highest BCUT2D eigenvalue weighted by Crippen LogP contribution is 2.41. The SMILES string of the molecule is CC(C)c1ccc(C2=CC(Cl)CC(C)(C)C2)cc1. The molecule has 2 rings (SSSR count). The fraction of sp³-hybridized carbons (Fsp3) is 0.529. The third-order valence-corrected chi connectivity index (χ3v) is 4.03. The number of hydrogen-bond donors (Lipinski definition) is 0. The van der Waals surface area contributed by atoms with E-state index in [9.17, 15) is 0 Å². The Hall–Kier alpha value is -0.750. The van der Waals surface area contributed by atoms with Crippen LogP contribution in [0.2, 0.25) is 0 Å². The summed E-state index contributed by atoms with van der Waals surface area (Å²) in [5.41, 5.74) is 4.45. The van der Waals surface area contributed by atoms with Gasteiger partial charge in [0.25, 0.3) is 0 Å². The molecule has 1 aromatic carbocycles. The zero-order valence-corrected chi connectivity index (χ0v) is 12.6. The Morgan fingerprint density at radius 1 is 1.17 bits per heavy atom. The standard InChI is InChI=1S/C17H23Cl/c1-12(2)13-5-7-14(8-6-13)15-9-16(18)11-17(3,4)10-15/h5-9,12,16H,10-11H2,1-4H3. The first-order chi connectivity index (χ1) is 8.37. The average Bonchev–Trinajstić information content (AvgIpc) is 2.26. The number of allylic oxidation sites excluding steroid dienone is 2. The van der Waals surface area contributed by atoms with Crippen molar-refractivity contribution in [3.05, 3.63) is 41.5 Å². The highest BCUT2D eigenvalue weighted by molar-refractivity contribution is 6.22. The van der Waals surface area contributed by atoms with Gasteiger partial charge in [-0.1, -0.05) is 58.0 Å². The second-order valence-corrected chi connectivity index (χ2v) is 7.09. The van der Waals surface area contributed by atoms with Gasteiger partial charge in [0.2, 0.25) is 0 Å². The van der Waals surface area contributed by atoms with Gasteiger partial charge < -0.3 is 0 Å². The third kappa shape index (κ3) is 3.17. The van der Waals surface area contributed by atoms with Crippen LogP contribution in [-0.4, -0.2) is 5.38 Å². The third-order valence-electron chi connectivity index (χ3n) is 3.75. The number of hydrogen-bond acceptors (Lipinski definition) is 0. The minimum Gasteiger partial charge on any atom is -0.118 e. The van der Waals surface area contributed by atoms with Gasteiger partial charge in [0.1, 0.15) is 0 Å². The number of rotatable bonds is 2. The van der Waals surface area contributed by atoms with Gasteiger partial charge in [-0.25, -0.2) is 0 Å². The Morgan fingerprint density at radius 3 is 2.28 bits per heavy atom. The first-order valence-corrected chi connectivity index (χ1v) is 7.26. The molecule has 1 heteroatoms. The summed E-state index contributed by atoms with van der Waals surface area (Å²) in [7, 11) is 0. The molecule has 0 fully saturated rings. The normalized spacial score (nSPS) is 23.0. The number of benzene rings is 1. The van der Waals surface area contributed by atoms with Crippen LogP contribution >= 0.6 is 11.6 Å². The zero-order valence-electron chi connectivity index (χ0n) is 11.8. The second-order valence-electron chi connectivity index (χ2n) is 6.53. The van der Waals surface area contributed by atoms with E-state index in [1.807, 2.05) is 0 Å². The predicted octanol–water partition coefficient (Wildman–Crippen LogP) is 5.62. The fourth-order valence-electron chi connectivity index (χ4n) is 2.73. The molecule has 0 N–H and O–H groups in total. The highest BCUT2D eigenvalue weighted by Gasteiger charge is 2.28. The van der Waals surface area contributed by atoms with E-state index in [-0.39, 0.29) is 5.38 Å². The molecule has 18 heavy (non-hydrogen) atoms. The molecule has 98 valence electrons. The summed E-state index contributed by atoms with van der Waals surface area (Å²) in [6.07, 6.45) is 4.43. The lowest BCUT2D eigenvalue weighted by atomic mass is 9.75. The van der Waals surface area contributed by atoms with Gasteiger partial charge in [-0.05, 0) is 40.9 Å². The minimum atomic E-state index is 0.175. The maximum Gasteiger partial charge on any atom is 0.0527 e. The lowest BCUT2D eigenvalue weighted by molar-refractivity contribution is 0.340. The van der Waals surface area contributed by atoms with Crippen LogP contribution in [0.3, 0.4) is 0 Å². The first-order valence-electron chi connectivity index (χ1n) is 6.82. The van der Waals surface area contributed by atoms with Crippen molar-refractivity contribution in [1.29, 1.82) is 0 Å². The summed E-state index contributed by atoms with van der Waals surface area (Å²) < 4.78 is 0. The van der Waals surface area contributed by atoms with E-state index >= 15 is 0 Å². The molecule has 0 radical (unpaired) electrons.